The standard InChI is InChI=1S/C12H14FN3/c1-12(6-3-7-14-12)11-15-9-5-2-4-8(13)10(9)16-11/h2,4-5,14H,3,6-7H2,1H3,(H,15,16). The van der Waals surface area contributed by atoms with E-state index in [-0.39, 0.29) is 11.4 Å². The van der Waals surface area contributed by atoms with E-state index in [2.05, 4.69) is 22.2 Å². The highest BCUT2D eigenvalue weighted by atomic mass is 19.1. The first-order valence-corrected chi connectivity index (χ1v) is 5.59. The molecule has 3 rings (SSSR count). The molecule has 3 nitrogen and oxygen atoms in total. The number of benzene rings is 1. The van der Waals surface area contributed by atoms with E-state index in [1.54, 1.807) is 6.07 Å². The van der Waals surface area contributed by atoms with Crippen LogP contribution in [0.15, 0.2) is 18.2 Å². The number of nitrogens with one attached hydrogen (secondary N) is 2. The third-order valence-corrected chi connectivity index (χ3v) is 3.35. The quantitative estimate of drug-likeness (QED) is 0.772. The second kappa shape index (κ2) is 3.28. The van der Waals surface area contributed by atoms with Crippen LogP contribution in [0.4, 0.5) is 4.39 Å². The van der Waals surface area contributed by atoms with Gasteiger partial charge in [0.2, 0.25) is 0 Å². The number of aromatic nitrogens is 2. The second-order valence-electron chi connectivity index (χ2n) is 4.58. The molecule has 0 radical (unpaired) electrons. The zero-order chi connectivity index (χ0) is 11.2. The molecule has 1 aliphatic rings. The molecule has 2 aromatic rings. The Balaban J connectivity index is 2.15. The first-order chi connectivity index (χ1) is 7.69. The Morgan fingerprint density at radius 3 is 3.00 bits per heavy atom. The molecule has 2 N–H and O–H groups in total. The van der Waals surface area contributed by atoms with E-state index in [1.165, 1.54) is 6.07 Å². The van der Waals surface area contributed by atoms with Crippen molar-refractivity contribution in [1.82, 2.24) is 15.3 Å². The Hall–Kier alpha value is -1.42. The van der Waals surface area contributed by atoms with Gasteiger partial charge in [0.1, 0.15) is 11.3 Å². The molecule has 16 heavy (non-hydrogen) atoms. The topological polar surface area (TPSA) is 40.7 Å². The number of H-pyrrole nitrogens is 1. The molecule has 4 heteroatoms. The summed E-state index contributed by atoms with van der Waals surface area (Å²) in [4.78, 5) is 7.58. The van der Waals surface area contributed by atoms with Crippen LogP contribution in [0.1, 0.15) is 25.6 Å². The van der Waals surface area contributed by atoms with Crippen molar-refractivity contribution in [3.63, 3.8) is 0 Å². The first kappa shape index (κ1) is 9.78. The molecule has 0 amide bonds. The van der Waals surface area contributed by atoms with E-state index in [1.807, 2.05) is 6.07 Å². The van der Waals surface area contributed by atoms with Gasteiger partial charge >= 0.3 is 0 Å². The summed E-state index contributed by atoms with van der Waals surface area (Å²) in [6, 6.07) is 4.99. The van der Waals surface area contributed by atoms with E-state index in [0.29, 0.717) is 5.52 Å². The van der Waals surface area contributed by atoms with Gasteiger partial charge in [-0.3, -0.25) is 0 Å². The number of nitrogens with zero attached hydrogens (tertiary/aromatic N) is 1. The fourth-order valence-electron chi connectivity index (χ4n) is 2.36. The van der Waals surface area contributed by atoms with Crippen molar-refractivity contribution in [3.8, 4) is 0 Å². The number of fused-ring (bicyclic) bond motifs is 1. The summed E-state index contributed by atoms with van der Waals surface area (Å²) in [5.74, 6) is 0.576. The van der Waals surface area contributed by atoms with Crippen molar-refractivity contribution < 1.29 is 4.39 Å². The van der Waals surface area contributed by atoms with Crippen molar-refractivity contribution >= 4 is 11.0 Å². The van der Waals surface area contributed by atoms with Crippen molar-refractivity contribution in [3.05, 3.63) is 29.8 Å². The van der Waals surface area contributed by atoms with Crippen LogP contribution in [-0.2, 0) is 5.54 Å². The Kier molecular flexibility index (Phi) is 2.01. The number of aromatic amines is 1. The zero-order valence-electron chi connectivity index (χ0n) is 9.18. The Bertz CT molecular complexity index is 526. The molecule has 1 aromatic heterocycles. The Labute approximate surface area is 93.1 Å². The lowest BCUT2D eigenvalue weighted by Crippen LogP contribution is -2.34. The molecular formula is C12H14FN3. The van der Waals surface area contributed by atoms with Gasteiger partial charge < -0.3 is 10.3 Å². The molecule has 0 spiro atoms. The molecule has 1 atom stereocenters. The van der Waals surface area contributed by atoms with E-state index >= 15 is 0 Å². The molecule has 1 aromatic carbocycles. The molecule has 2 heterocycles. The Morgan fingerprint density at radius 1 is 1.44 bits per heavy atom. The number of hydrogen-bond acceptors (Lipinski definition) is 2. The summed E-state index contributed by atoms with van der Waals surface area (Å²) in [6.07, 6.45) is 2.17. The highest BCUT2D eigenvalue weighted by Gasteiger charge is 2.33. The molecule has 1 aliphatic heterocycles. The minimum Gasteiger partial charge on any atom is -0.340 e. The van der Waals surface area contributed by atoms with E-state index in [9.17, 15) is 4.39 Å². The first-order valence-electron chi connectivity index (χ1n) is 5.59. The predicted molar refractivity (Wildman–Crippen MR) is 60.6 cm³/mol. The molecule has 1 saturated heterocycles. The maximum absolute atomic E-state index is 13.5. The van der Waals surface area contributed by atoms with E-state index in [0.717, 1.165) is 30.7 Å². The number of hydrogen-bond donors (Lipinski definition) is 2. The van der Waals surface area contributed by atoms with Gasteiger partial charge in [-0.15, -0.1) is 0 Å². The van der Waals surface area contributed by atoms with Gasteiger partial charge in [-0.25, -0.2) is 9.37 Å². The van der Waals surface area contributed by atoms with Gasteiger partial charge in [-0.2, -0.15) is 0 Å². The smallest absolute Gasteiger partial charge is 0.151 e. The molecular weight excluding hydrogens is 205 g/mol. The van der Waals surface area contributed by atoms with Crippen LogP contribution in [0.25, 0.3) is 11.0 Å². The van der Waals surface area contributed by atoms with Crippen LogP contribution >= 0.6 is 0 Å². The fourth-order valence-corrected chi connectivity index (χ4v) is 2.36. The van der Waals surface area contributed by atoms with Crippen molar-refractivity contribution in [1.29, 1.82) is 0 Å². The van der Waals surface area contributed by atoms with Crippen molar-refractivity contribution in [2.24, 2.45) is 0 Å². The Morgan fingerprint density at radius 2 is 2.31 bits per heavy atom. The lowest BCUT2D eigenvalue weighted by Gasteiger charge is -2.21. The summed E-state index contributed by atoms with van der Waals surface area (Å²) in [7, 11) is 0. The van der Waals surface area contributed by atoms with Crippen LogP contribution in [-0.4, -0.2) is 16.5 Å². The largest absolute Gasteiger partial charge is 0.340 e. The van der Waals surface area contributed by atoms with Crippen LogP contribution in [0.2, 0.25) is 0 Å². The molecule has 0 saturated carbocycles. The average molecular weight is 219 g/mol. The monoisotopic (exact) mass is 219 g/mol. The van der Waals surface area contributed by atoms with Gasteiger partial charge in [-0.05, 0) is 38.4 Å². The van der Waals surface area contributed by atoms with Crippen molar-refractivity contribution in [2.45, 2.75) is 25.3 Å². The number of para-hydroxylation sites is 1. The SMILES string of the molecule is CC1(c2nc3c(F)cccc3[nH]2)CCCN1. The zero-order valence-corrected chi connectivity index (χ0v) is 9.18. The lowest BCUT2D eigenvalue weighted by molar-refractivity contribution is 0.412. The van der Waals surface area contributed by atoms with Gasteiger partial charge in [0.15, 0.2) is 5.82 Å². The molecule has 1 unspecified atom stereocenters. The van der Waals surface area contributed by atoms with Crippen molar-refractivity contribution in [2.75, 3.05) is 6.54 Å². The average Bonchev–Trinajstić information content (AvgIpc) is 2.85. The minimum atomic E-state index is -0.262. The van der Waals surface area contributed by atoms with Gasteiger partial charge in [0.25, 0.3) is 0 Å². The minimum absolute atomic E-state index is 0.133. The van der Waals surface area contributed by atoms with E-state index in [4.69, 9.17) is 0 Å². The van der Waals surface area contributed by atoms with Gasteiger partial charge in [0.05, 0.1) is 11.1 Å². The maximum atomic E-state index is 13.5. The second-order valence-corrected chi connectivity index (χ2v) is 4.58. The fraction of sp³-hybridized carbons (Fsp3) is 0.417. The highest BCUT2D eigenvalue weighted by molar-refractivity contribution is 5.75. The number of halogens is 1. The molecule has 0 bridgehead atoms. The summed E-state index contributed by atoms with van der Waals surface area (Å²) in [5.41, 5.74) is 1.07. The van der Waals surface area contributed by atoms with E-state index < -0.39 is 0 Å². The third kappa shape index (κ3) is 1.33. The van der Waals surface area contributed by atoms with Crippen LogP contribution < -0.4 is 5.32 Å². The summed E-state index contributed by atoms with van der Waals surface area (Å²) < 4.78 is 13.5. The molecule has 84 valence electrons. The normalized spacial score (nSPS) is 25.4. The lowest BCUT2D eigenvalue weighted by atomic mass is 10.00. The van der Waals surface area contributed by atoms with Gasteiger partial charge in [0, 0.05) is 0 Å². The highest BCUT2D eigenvalue weighted by Crippen LogP contribution is 2.29. The summed E-state index contributed by atoms with van der Waals surface area (Å²) >= 11 is 0. The third-order valence-electron chi connectivity index (χ3n) is 3.35. The van der Waals surface area contributed by atoms with Crippen LogP contribution in [0.3, 0.4) is 0 Å². The number of rotatable bonds is 1. The predicted octanol–water partition coefficient (Wildman–Crippen LogP) is 2.30. The summed E-state index contributed by atoms with van der Waals surface area (Å²) in [5, 5.41) is 3.41. The van der Waals surface area contributed by atoms with Gasteiger partial charge in [-0.1, -0.05) is 6.07 Å². The number of imidazole rings is 1. The summed E-state index contributed by atoms with van der Waals surface area (Å²) in [6.45, 7) is 3.10. The van der Waals surface area contributed by atoms with Crippen LogP contribution in [0.5, 0.6) is 0 Å². The molecule has 1 fully saturated rings. The molecule has 0 aliphatic carbocycles. The van der Waals surface area contributed by atoms with Crippen LogP contribution in [0, 0.1) is 5.82 Å². The maximum Gasteiger partial charge on any atom is 0.151 e.